The number of aromatic nitrogens is 2. The summed E-state index contributed by atoms with van der Waals surface area (Å²) >= 11 is 0. The van der Waals surface area contributed by atoms with Crippen molar-refractivity contribution >= 4 is 11.7 Å². The number of imidazole rings is 1. The molecule has 3 rings (SSSR count). The molecule has 28 heavy (non-hydrogen) atoms. The fourth-order valence-corrected chi connectivity index (χ4v) is 2.64. The summed E-state index contributed by atoms with van der Waals surface area (Å²) in [5.41, 5.74) is 1.61. The Morgan fingerprint density at radius 3 is 2.64 bits per heavy atom. The summed E-state index contributed by atoms with van der Waals surface area (Å²) < 4.78 is 1.11. The minimum Gasteiger partial charge on any atom is -0.476 e. The van der Waals surface area contributed by atoms with E-state index >= 15 is 0 Å². The molecule has 0 fully saturated rings. The Morgan fingerprint density at radius 2 is 2.04 bits per heavy atom. The SMILES string of the molecule is Cc1nc(-c2cccc(C#N)c2)n(OCc2ccc([N+](=O)[O-])cc2)c1C(=O)O. The van der Waals surface area contributed by atoms with Crippen LogP contribution in [0.25, 0.3) is 11.4 Å². The minimum absolute atomic E-state index is 0.0288. The number of aromatic carboxylic acids is 1. The van der Waals surface area contributed by atoms with Gasteiger partial charge >= 0.3 is 5.97 Å². The number of nitro benzene ring substituents is 1. The lowest BCUT2D eigenvalue weighted by Crippen LogP contribution is -2.19. The minimum atomic E-state index is -1.21. The molecule has 0 saturated heterocycles. The number of nitrogens with zero attached hydrogens (tertiary/aromatic N) is 4. The Kier molecular flexibility index (Phi) is 5.04. The molecule has 0 amide bonds. The average molecular weight is 378 g/mol. The van der Waals surface area contributed by atoms with Crippen LogP contribution in [-0.2, 0) is 6.61 Å². The summed E-state index contributed by atoms with van der Waals surface area (Å²) in [4.78, 5) is 31.9. The van der Waals surface area contributed by atoms with Crippen molar-refractivity contribution in [3.8, 4) is 17.5 Å². The molecule has 0 aliphatic heterocycles. The first kappa shape index (κ1) is 18.6. The first-order valence-electron chi connectivity index (χ1n) is 8.10. The van der Waals surface area contributed by atoms with Crippen molar-refractivity contribution in [2.24, 2.45) is 0 Å². The topological polar surface area (TPSA) is 131 Å². The maximum Gasteiger partial charge on any atom is 0.357 e. The standard InChI is InChI=1S/C19H14N4O5/c1-12-17(19(24)25)22(18(21-12)15-4-2-3-14(9-15)10-20)28-11-13-5-7-16(8-6-13)23(26)27/h2-9H,11H2,1H3,(H,24,25). The Balaban J connectivity index is 1.97. The normalized spacial score (nSPS) is 10.3. The number of nitriles is 1. The molecule has 0 atom stereocenters. The van der Waals surface area contributed by atoms with E-state index in [-0.39, 0.29) is 29.5 Å². The van der Waals surface area contributed by atoms with Crippen molar-refractivity contribution in [3.63, 3.8) is 0 Å². The second kappa shape index (κ2) is 7.59. The van der Waals surface area contributed by atoms with E-state index < -0.39 is 10.9 Å². The Hall–Kier alpha value is -4.19. The zero-order valence-electron chi connectivity index (χ0n) is 14.7. The Morgan fingerprint density at radius 1 is 1.32 bits per heavy atom. The molecule has 0 spiro atoms. The van der Waals surface area contributed by atoms with Crippen LogP contribution < -0.4 is 4.84 Å². The highest BCUT2D eigenvalue weighted by Gasteiger charge is 2.23. The summed E-state index contributed by atoms with van der Waals surface area (Å²) in [6.07, 6.45) is 0. The molecule has 0 unspecified atom stereocenters. The van der Waals surface area contributed by atoms with E-state index in [2.05, 4.69) is 4.98 Å². The number of benzene rings is 2. The van der Waals surface area contributed by atoms with E-state index in [4.69, 9.17) is 10.1 Å². The zero-order valence-corrected chi connectivity index (χ0v) is 14.7. The van der Waals surface area contributed by atoms with E-state index in [1.54, 1.807) is 31.2 Å². The molecule has 0 radical (unpaired) electrons. The monoisotopic (exact) mass is 378 g/mol. The molecule has 9 heteroatoms. The number of carboxylic acid groups (broad SMARTS) is 1. The van der Waals surface area contributed by atoms with E-state index in [9.17, 15) is 20.0 Å². The predicted molar refractivity (Wildman–Crippen MR) is 97.5 cm³/mol. The van der Waals surface area contributed by atoms with Gasteiger partial charge in [0.25, 0.3) is 5.69 Å². The molecule has 0 bridgehead atoms. The van der Waals surface area contributed by atoms with Gasteiger partial charge in [-0.3, -0.25) is 10.1 Å². The third-order valence-electron chi connectivity index (χ3n) is 3.97. The number of non-ortho nitro benzene ring substituents is 1. The molecule has 2 aromatic carbocycles. The van der Waals surface area contributed by atoms with Gasteiger partial charge < -0.3 is 9.94 Å². The first-order chi connectivity index (χ1) is 13.4. The fraction of sp³-hybridized carbons (Fsp3) is 0.105. The predicted octanol–water partition coefficient (Wildman–Crippen LogP) is 2.97. The second-order valence-electron chi connectivity index (χ2n) is 5.86. The first-order valence-corrected chi connectivity index (χ1v) is 8.10. The summed E-state index contributed by atoms with van der Waals surface area (Å²) in [5, 5.41) is 29.4. The van der Waals surface area contributed by atoms with Crippen LogP contribution in [0.5, 0.6) is 0 Å². The number of hydrogen-bond donors (Lipinski definition) is 1. The van der Waals surface area contributed by atoms with Gasteiger partial charge in [0.05, 0.1) is 22.2 Å². The highest BCUT2D eigenvalue weighted by Crippen LogP contribution is 2.23. The highest BCUT2D eigenvalue weighted by molar-refractivity contribution is 5.88. The van der Waals surface area contributed by atoms with Crippen LogP contribution in [-0.4, -0.2) is 25.7 Å². The van der Waals surface area contributed by atoms with Gasteiger partial charge in [-0.1, -0.05) is 12.1 Å². The molecule has 0 saturated carbocycles. The maximum absolute atomic E-state index is 11.7. The van der Waals surface area contributed by atoms with Gasteiger partial charge in [-0.05, 0) is 36.8 Å². The van der Waals surface area contributed by atoms with Crippen molar-refractivity contribution in [3.05, 3.63) is 81.2 Å². The van der Waals surface area contributed by atoms with Crippen molar-refractivity contribution in [2.45, 2.75) is 13.5 Å². The molecule has 0 aliphatic rings. The van der Waals surface area contributed by atoms with E-state index in [1.165, 1.54) is 24.3 Å². The Labute approximate surface area is 159 Å². The molecule has 1 heterocycles. The number of nitro groups is 1. The number of carboxylic acids is 1. The van der Waals surface area contributed by atoms with Gasteiger partial charge in [0.1, 0.15) is 6.61 Å². The van der Waals surface area contributed by atoms with Crippen LogP contribution in [0.15, 0.2) is 48.5 Å². The molecule has 1 N–H and O–H groups in total. The van der Waals surface area contributed by atoms with Crippen molar-refractivity contribution in [1.29, 1.82) is 5.26 Å². The highest BCUT2D eigenvalue weighted by atomic mass is 16.7. The fourth-order valence-electron chi connectivity index (χ4n) is 2.64. The van der Waals surface area contributed by atoms with Gasteiger partial charge in [0, 0.05) is 17.7 Å². The van der Waals surface area contributed by atoms with Crippen LogP contribution in [0.4, 0.5) is 5.69 Å². The molecule has 1 aromatic heterocycles. The number of carbonyl (C=O) groups is 1. The van der Waals surface area contributed by atoms with E-state index in [0.717, 1.165) is 4.73 Å². The largest absolute Gasteiger partial charge is 0.476 e. The summed E-state index contributed by atoms with van der Waals surface area (Å²) in [5.74, 6) is -0.967. The molecule has 0 aliphatic carbocycles. The number of rotatable bonds is 6. The van der Waals surface area contributed by atoms with E-state index in [1.807, 2.05) is 6.07 Å². The number of aryl methyl sites for hydroxylation is 1. The lowest BCUT2D eigenvalue weighted by atomic mass is 10.1. The van der Waals surface area contributed by atoms with Crippen LogP contribution >= 0.6 is 0 Å². The molecular formula is C19H14N4O5. The third-order valence-corrected chi connectivity index (χ3v) is 3.97. The smallest absolute Gasteiger partial charge is 0.357 e. The zero-order chi connectivity index (χ0) is 20.3. The van der Waals surface area contributed by atoms with Crippen LogP contribution in [0, 0.1) is 28.4 Å². The third kappa shape index (κ3) is 3.66. The van der Waals surface area contributed by atoms with Gasteiger partial charge in [-0.15, -0.1) is 0 Å². The lowest BCUT2D eigenvalue weighted by molar-refractivity contribution is -0.384. The lowest BCUT2D eigenvalue weighted by Gasteiger charge is -2.12. The van der Waals surface area contributed by atoms with Crippen molar-refractivity contribution in [1.82, 2.24) is 9.71 Å². The van der Waals surface area contributed by atoms with Gasteiger partial charge in [0.2, 0.25) is 0 Å². The average Bonchev–Trinajstić information content (AvgIpc) is 3.03. The maximum atomic E-state index is 11.7. The summed E-state index contributed by atoms with van der Waals surface area (Å²) in [6, 6.07) is 14.3. The quantitative estimate of drug-likeness (QED) is 0.515. The van der Waals surface area contributed by atoms with Crippen LogP contribution in [0.2, 0.25) is 0 Å². The van der Waals surface area contributed by atoms with Crippen molar-refractivity contribution < 1.29 is 19.7 Å². The molecular weight excluding hydrogens is 364 g/mol. The summed E-state index contributed by atoms with van der Waals surface area (Å²) in [7, 11) is 0. The van der Waals surface area contributed by atoms with Crippen LogP contribution in [0.1, 0.15) is 27.3 Å². The summed E-state index contributed by atoms with van der Waals surface area (Å²) in [6.45, 7) is 1.52. The number of hydrogen-bond acceptors (Lipinski definition) is 6. The van der Waals surface area contributed by atoms with Crippen molar-refractivity contribution in [2.75, 3.05) is 0 Å². The van der Waals surface area contributed by atoms with Gasteiger partial charge in [-0.25, -0.2) is 9.78 Å². The van der Waals surface area contributed by atoms with Gasteiger partial charge in [-0.2, -0.15) is 9.99 Å². The second-order valence-corrected chi connectivity index (χ2v) is 5.86. The molecule has 140 valence electrons. The van der Waals surface area contributed by atoms with E-state index in [0.29, 0.717) is 16.7 Å². The Bertz CT molecular complexity index is 1100. The molecule has 3 aromatic rings. The molecule has 9 nitrogen and oxygen atoms in total. The van der Waals surface area contributed by atoms with Crippen LogP contribution in [0.3, 0.4) is 0 Å². The van der Waals surface area contributed by atoms with Gasteiger partial charge in [0.15, 0.2) is 11.5 Å².